The molecule has 0 fully saturated rings. The van der Waals surface area contributed by atoms with E-state index in [9.17, 15) is 40.2 Å². The smallest absolute Gasteiger partial charge is 0.169 e. The number of phenols is 6. The van der Waals surface area contributed by atoms with E-state index in [1.165, 1.54) is 0 Å². The van der Waals surface area contributed by atoms with Gasteiger partial charge in [-0.3, -0.25) is 9.59 Å². The van der Waals surface area contributed by atoms with Crippen molar-refractivity contribution in [2.24, 2.45) is 0 Å². The van der Waals surface area contributed by atoms with Crippen molar-refractivity contribution < 1.29 is 40.2 Å². The third-order valence-electron chi connectivity index (χ3n) is 8.17. The molecule has 0 aliphatic carbocycles. The number of fused-ring (bicyclic) bond motifs is 2. The maximum absolute atomic E-state index is 12.1. The Morgan fingerprint density at radius 1 is 0.700 bits per heavy atom. The van der Waals surface area contributed by atoms with Crippen LogP contribution in [-0.4, -0.2) is 43.2 Å². The zero-order chi connectivity index (χ0) is 30.0. The topological polar surface area (TPSA) is 156 Å². The van der Waals surface area contributed by atoms with E-state index < -0.39 is 39.9 Å². The van der Waals surface area contributed by atoms with E-state index in [1.54, 1.807) is 39.8 Å². The van der Waals surface area contributed by atoms with Gasteiger partial charge in [-0.25, -0.2) is 0 Å². The summed E-state index contributed by atoms with van der Waals surface area (Å²) in [6.45, 7) is 12.6. The molecule has 8 heteroatoms. The molecule has 6 N–H and O–H groups in total. The van der Waals surface area contributed by atoms with Crippen molar-refractivity contribution in [1.29, 1.82) is 0 Å². The molecule has 0 bridgehead atoms. The zero-order valence-electron chi connectivity index (χ0n) is 23.6. The van der Waals surface area contributed by atoms with Crippen molar-refractivity contribution >= 4 is 34.1 Å². The molecule has 0 saturated carbocycles. The predicted molar refractivity (Wildman–Crippen MR) is 155 cm³/mol. The van der Waals surface area contributed by atoms with Crippen LogP contribution in [0.15, 0.2) is 12.1 Å². The minimum Gasteiger partial charge on any atom is -0.507 e. The average Bonchev–Trinajstić information content (AvgIpc) is 2.88. The molecule has 0 heterocycles. The number of aromatic hydroxyl groups is 6. The van der Waals surface area contributed by atoms with Gasteiger partial charge >= 0.3 is 0 Å². The van der Waals surface area contributed by atoms with Gasteiger partial charge in [-0.05, 0) is 53.5 Å². The number of rotatable bonds is 6. The monoisotopic (exact) mass is 546 g/mol. The van der Waals surface area contributed by atoms with Crippen molar-refractivity contribution in [1.82, 2.24) is 0 Å². The highest BCUT2D eigenvalue weighted by Crippen LogP contribution is 2.55. The van der Waals surface area contributed by atoms with Gasteiger partial charge in [0.2, 0.25) is 0 Å². The molecule has 4 aromatic carbocycles. The van der Waals surface area contributed by atoms with E-state index >= 15 is 0 Å². The Morgan fingerprint density at radius 2 is 1.12 bits per heavy atom. The second kappa shape index (κ2) is 9.62. The summed E-state index contributed by atoms with van der Waals surface area (Å²) >= 11 is 0. The van der Waals surface area contributed by atoms with Gasteiger partial charge < -0.3 is 30.6 Å². The molecule has 0 unspecified atom stereocenters. The first kappa shape index (κ1) is 28.5. The fourth-order valence-electron chi connectivity index (χ4n) is 5.86. The Labute approximate surface area is 231 Å². The third kappa shape index (κ3) is 3.81. The SMILES string of the molecule is CCC(C)(C)c1c(O)c(O)c(C=O)c2c(O)c(-c3c(C)cc4c(C(C)C)c(O)c(O)c(C=O)c4c3O)c(C)cc12. The number of aryl methyl sites for hydroxylation is 2. The van der Waals surface area contributed by atoms with E-state index in [0.717, 1.165) is 0 Å². The minimum absolute atomic E-state index is 0.00506. The normalized spacial score (nSPS) is 12.0. The fourth-order valence-corrected chi connectivity index (χ4v) is 5.86. The molecule has 0 atom stereocenters. The van der Waals surface area contributed by atoms with E-state index in [0.29, 0.717) is 52.0 Å². The van der Waals surface area contributed by atoms with Gasteiger partial charge in [0.05, 0.1) is 11.1 Å². The van der Waals surface area contributed by atoms with Crippen LogP contribution in [0.5, 0.6) is 34.5 Å². The molecule has 0 aliphatic rings. The van der Waals surface area contributed by atoms with Crippen molar-refractivity contribution in [2.75, 3.05) is 0 Å². The second-order valence-electron chi connectivity index (χ2n) is 11.3. The van der Waals surface area contributed by atoms with Crippen LogP contribution < -0.4 is 0 Å². The molecule has 0 radical (unpaired) electrons. The molecular weight excluding hydrogens is 512 g/mol. The van der Waals surface area contributed by atoms with Gasteiger partial charge in [0.15, 0.2) is 35.6 Å². The first-order valence-electron chi connectivity index (χ1n) is 13.0. The number of hydrogen-bond donors (Lipinski definition) is 6. The highest BCUT2D eigenvalue weighted by Gasteiger charge is 2.33. The summed E-state index contributed by atoms with van der Waals surface area (Å²) in [4.78, 5) is 24.2. The quantitative estimate of drug-likeness (QED) is 0.112. The summed E-state index contributed by atoms with van der Waals surface area (Å²) in [5.74, 6) is -3.29. The van der Waals surface area contributed by atoms with Crippen LogP contribution in [0.1, 0.15) is 89.9 Å². The molecule has 210 valence electrons. The third-order valence-corrected chi connectivity index (χ3v) is 8.17. The van der Waals surface area contributed by atoms with E-state index in [2.05, 4.69) is 0 Å². The lowest BCUT2D eigenvalue weighted by Gasteiger charge is -2.28. The molecule has 0 spiro atoms. The molecule has 0 amide bonds. The number of hydrogen-bond acceptors (Lipinski definition) is 8. The molecule has 0 saturated heterocycles. The lowest BCUT2D eigenvalue weighted by molar-refractivity contribution is 0.111. The van der Waals surface area contributed by atoms with Crippen LogP contribution in [0, 0.1) is 13.8 Å². The Bertz CT molecular complexity index is 1750. The fraction of sp³-hybridized carbons (Fsp3) is 0.312. The highest BCUT2D eigenvalue weighted by atomic mass is 16.3. The Balaban J connectivity index is 2.28. The Kier molecular flexibility index (Phi) is 6.87. The second-order valence-corrected chi connectivity index (χ2v) is 11.3. The largest absolute Gasteiger partial charge is 0.507 e. The lowest BCUT2D eigenvalue weighted by atomic mass is 9.76. The number of aldehydes is 2. The molecule has 0 aromatic heterocycles. The summed E-state index contributed by atoms with van der Waals surface area (Å²) in [5.41, 5.74) is 0.708. The van der Waals surface area contributed by atoms with Crippen LogP contribution in [-0.2, 0) is 5.41 Å². The van der Waals surface area contributed by atoms with Gasteiger partial charge in [0.1, 0.15) is 11.5 Å². The van der Waals surface area contributed by atoms with Gasteiger partial charge in [-0.1, -0.05) is 46.8 Å². The number of carbonyl (C=O) groups excluding carboxylic acids is 2. The summed E-state index contributed by atoms with van der Waals surface area (Å²) in [5, 5.41) is 67.2. The maximum Gasteiger partial charge on any atom is 0.169 e. The Hall–Kier alpha value is -4.46. The molecule has 40 heavy (non-hydrogen) atoms. The molecule has 8 nitrogen and oxygen atoms in total. The van der Waals surface area contributed by atoms with Gasteiger partial charge in [0, 0.05) is 33.0 Å². The standard InChI is InChI=1S/C32H34O8/c1-8-32(6,7)25-17-10-15(5)22(29(38)24(17)19(12-34)27(36)31(25)40)21-14(4)9-16-20(13(2)3)30(39)26(35)18(11-33)23(16)28(21)37/h9-13,35-40H,8H2,1-7H3. The highest BCUT2D eigenvalue weighted by molar-refractivity contribution is 6.14. The van der Waals surface area contributed by atoms with Crippen molar-refractivity contribution in [3.63, 3.8) is 0 Å². The maximum atomic E-state index is 12.1. The van der Waals surface area contributed by atoms with Crippen LogP contribution >= 0.6 is 0 Å². The van der Waals surface area contributed by atoms with Gasteiger partial charge in [0.25, 0.3) is 0 Å². The van der Waals surface area contributed by atoms with Crippen LogP contribution in [0.25, 0.3) is 32.7 Å². The summed E-state index contributed by atoms with van der Waals surface area (Å²) < 4.78 is 0. The van der Waals surface area contributed by atoms with E-state index in [-0.39, 0.29) is 38.9 Å². The van der Waals surface area contributed by atoms with Crippen LogP contribution in [0.3, 0.4) is 0 Å². The lowest BCUT2D eigenvalue weighted by Crippen LogP contribution is -2.17. The van der Waals surface area contributed by atoms with Gasteiger partial charge in [-0.2, -0.15) is 0 Å². The van der Waals surface area contributed by atoms with Crippen molar-refractivity contribution in [3.8, 4) is 45.6 Å². The number of benzene rings is 4. The summed E-state index contributed by atoms with van der Waals surface area (Å²) in [7, 11) is 0. The first-order valence-corrected chi connectivity index (χ1v) is 13.0. The molecule has 4 aromatic rings. The average molecular weight is 547 g/mol. The Morgan fingerprint density at radius 3 is 1.55 bits per heavy atom. The molecular formula is C32H34O8. The van der Waals surface area contributed by atoms with E-state index in [1.807, 2.05) is 20.8 Å². The molecule has 4 rings (SSSR count). The van der Waals surface area contributed by atoms with Gasteiger partial charge in [-0.15, -0.1) is 0 Å². The van der Waals surface area contributed by atoms with Crippen molar-refractivity contribution in [2.45, 2.75) is 66.2 Å². The summed E-state index contributed by atoms with van der Waals surface area (Å²) in [6, 6.07) is 3.34. The number of carbonyl (C=O) groups is 2. The molecule has 0 aliphatic heterocycles. The van der Waals surface area contributed by atoms with Crippen molar-refractivity contribution in [3.05, 3.63) is 45.5 Å². The summed E-state index contributed by atoms with van der Waals surface area (Å²) in [6.07, 6.45) is 1.27. The van der Waals surface area contributed by atoms with Crippen LogP contribution in [0.2, 0.25) is 0 Å². The zero-order valence-corrected chi connectivity index (χ0v) is 23.6. The minimum atomic E-state index is -0.661. The number of phenolic OH excluding ortho intramolecular Hbond substituents is 6. The van der Waals surface area contributed by atoms with E-state index in [4.69, 9.17) is 0 Å². The first-order chi connectivity index (χ1) is 18.7. The van der Waals surface area contributed by atoms with Crippen LogP contribution in [0.4, 0.5) is 0 Å². The predicted octanol–water partition coefficient (Wildman–Crippen LogP) is 6.95.